The standard InChI is InChI=1S/C27H33N4O12P/c1-27(2)39-17-22(41-27)18-40-44(37,42-21-12-10-20(11-13-21)30(33)34)16-6-15-38-24(32)8-5-3-4-7-19-9-14-23(31(35)36)26-25(19)28-43-29-26/h9-14,22H,3-8,15-18H2,1-2H3. The summed E-state index contributed by atoms with van der Waals surface area (Å²) in [6.07, 6.45) is 2.39. The van der Waals surface area contributed by atoms with Gasteiger partial charge < -0.3 is 18.7 Å². The number of fused-ring (bicyclic) bond motifs is 1. The summed E-state index contributed by atoms with van der Waals surface area (Å²) < 4.78 is 46.1. The van der Waals surface area contributed by atoms with Crippen LogP contribution in [-0.4, -0.2) is 64.0 Å². The Kier molecular flexibility index (Phi) is 11.0. The van der Waals surface area contributed by atoms with Gasteiger partial charge in [0.2, 0.25) is 5.52 Å². The summed E-state index contributed by atoms with van der Waals surface area (Å²) in [6, 6.07) is 8.13. The molecule has 1 aliphatic heterocycles. The Morgan fingerprint density at radius 3 is 2.45 bits per heavy atom. The zero-order chi connectivity index (χ0) is 31.7. The van der Waals surface area contributed by atoms with Crippen molar-refractivity contribution in [3.63, 3.8) is 0 Å². The van der Waals surface area contributed by atoms with E-state index in [1.807, 2.05) is 0 Å². The first-order valence-corrected chi connectivity index (χ1v) is 15.7. The van der Waals surface area contributed by atoms with E-state index in [1.165, 1.54) is 30.3 Å². The van der Waals surface area contributed by atoms with E-state index < -0.39 is 35.3 Å². The molecule has 0 saturated carbocycles. The normalized spacial score (nSPS) is 17.3. The molecule has 2 heterocycles. The van der Waals surface area contributed by atoms with Crippen LogP contribution in [0.25, 0.3) is 11.0 Å². The monoisotopic (exact) mass is 636 g/mol. The highest BCUT2D eigenvalue weighted by Gasteiger charge is 2.35. The third kappa shape index (κ3) is 9.26. The molecule has 0 bridgehead atoms. The molecular formula is C27H33N4O12P. The Bertz CT molecular complexity index is 1510. The Balaban J connectivity index is 1.20. The van der Waals surface area contributed by atoms with Crippen molar-refractivity contribution in [2.45, 2.75) is 64.3 Å². The number of carbonyl (C=O) groups is 1. The van der Waals surface area contributed by atoms with Crippen LogP contribution in [0.5, 0.6) is 5.75 Å². The van der Waals surface area contributed by atoms with Gasteiger partial charge in [-0.1, -0.05) is 6.42 Å². The Morgan fingerprint density at radius 2 is 1.77 bits per heavy atom. The van der Waals surface area contributed by atoms with E-state index in [0.29, 0.717) is 31.2 Å². The number of hydrogen-bond acceptors (Lipinski definition) is 14. The minimum absolute atomic E-state index is 0.00812. The average molecular weight is 637 g/mol. The number of benzene rings is 2. The molecule has 16 nitrogen and oxygen atoms in total. The van der Waals surface area contributed by atoms with Crippen molar-refractivity contribution in [2.24, 2.45) is 0 Å². The van der Waals surface area contributed by atoms with E-state index in [0.717, 1.165) is 5.56 Å². The maximum absolute atomic E-state index is 13.6. The lowest BCUT2D eigenvalue weighted by molar-refractivity contribution is -0.384. The van der Waals surface area contributed by atoms with E-state index in [2.05, 4.69) is 14.9 Å². The smallest absolute Gasteiger partial charge is 0.379 e. The molecule has 1 aliphatic rings. The van der Waals surface area contributed by atoms with Gasteiger partial charge in [0.05, 0.1) is 35.8 Å². The van der Waals surface area contributed by atoms with Gasteiger partial charge in [0.25, 0.3) is 5.69 Å². The molecule has 2 aromatic carbocycles. The molecule has 1 fully saturated rings. The lowest BCUT2D eigenvalue weighted by atomic mass is 10.0. The van der Waals surface area contributed by atoms with Crippen molar-refractivity contribution in [2.75, 3.05) is 26.0 Å². The van der Waals surface area contributed by atoms with E-state index in [-0.39, 0.29) is 61.5 Å². The highest BCUT2D eigenvalue weighted by Crippen LogP contribution is 2.49. The van der Waals surface area contributed by atoms with Crippen molar-refractivity contribution in [1.29, 1.82) is 0 Å². The number of non-ortho nitro benzene ring substituents is 2. The van der Waals surface area contributed by atoms with Gasteiger partial charge in [-0.25, -0.2) is 9.19 Å². The Labute approximate surface area is 251 Å². The summed E-state index contributed by atoms with van der Waals surface area (Å²) in [5, 5.41) is 29.5. The van der Waals surface area contributed by atoms with Crippen LogP contribution in [0.1, 0.15) is 51.5 Å². The highest BCUT2D eigenvalue weighted by molar-refractivity contribution is 7.54. The second kappa shape index (κ2) is 14.7. The van der Waals surface area contributed by atoms with Crippen LogP contribution in [0.15, 0.2) is 41.0 Å². The van der Waals surface area contributed by atoms with E-state index >= 15 is 0 Å². The molecule has 238 valence electrons. The average Bonchev–Trinajstić information content (AvgIpc) is 3.61. The van der Waals surface area contributed by atoms with Gasteiger partial charge in [-0.15, -0.1) is 0 Å². The van der Waals surface area contributed by atoms with Gasteiger partial charge in [-0.05, 0) is 73.6 Å². The van der Waals surface area contributed by atoms with E-state index in [1.54, 1.807) is 19.9 Å². The fourth-order valence-corrected chi connectivity index (χ4v) is 6.13. The maximum Gasteiger partial charge on any atom is 0.379 e. The van der Waals surface area contributed by atoms with Gasteiger partial charge in [0.1, 0.15) is 17.4 Å². The number of aromatic nitrogens is 2. The first-order valence-electron chi connectivity index (χ1n) is 14.0. The topological polar surface area (TPSA) is 205 Å². The summed E-state index contributed by atoms with van der Waals surface area (Å²) in [7, 11) is -3.77. The summed E-state index contributed by atoms with van der Waals surface area (Å²) in [5.74, 6) is -1.07. The molecule has 2 atom stereocenters. The molecule has 0 N–H and O–H groups in total. The van der Waals surface area contributed by atoms with Crippen LogP contribution in [0.2, 0.25) is 0 Å². The largest absolute Gasteiger partial charge is 0.466 e. The lowest BCUT2D eigenvalue weighted by Gasteiger charge is -2.22. The number of nitrogens with zero attached hydrogens (tertiary/aromatic N) is 4. The minimum atomic E-state index is -3.77. The zero-order valence-corrected chi connectivity index (χ0v) is 25.1. The quantitative estimate of drug-likeness (QED) is 0.0588. The number of rotatable bonds is 17. The predicted octanol–water partition coefficient (Wildman–Crippen LogP) is 5.52. The summed E-state index contributed by atoms with van der Waals surface area (Å²) in [5.41, 5.74) is 0.914. The first kappa shape index (κ1) is 32.9. The molecule has 1 aromatic heterocycles. The third-order valence-corrected chi connectivity index (χ3v) is 8.55. The molecule has 0 amide bonds. The molecule has 1 saturated heterocycles. The van der Waals surface area contributed by atoms with Crippen molar-refractivity contribution < 1.29 is 47.1 Å². The second-order valence-corrected chi connectivity index (χ2v) is 12.6. The number of unbranched alkanes of at least 4 members (excludes halogenated alkanes) is 2. The summed E-state index contributed by atoms with van der Waals surface area (Å²) in [6.45, 7) is 3.68. The van der Waals surface area contributed by atoms with Gasteiger partial charge in [-0.3, -0.25) is 29.5 Å². The SMILES string of the molecule is CC1(C)OCC(COP(=O)(CCCOC(=O)CCCCCc2ccc([N+](=O)[O-])c3nonc23)Oc2ccc([N+](=O)[O-])cc2)O1. The summed E-state index contributed by atoms with van der Waals surface area (Å²) >= 11 is 0. The van der Waals surface area contributed by atoms with Gasteiger partial charge in [-0.2, -0.15) is 0 Å². The van der Waals surface area contributed by atoms with Crippen LogP contribution in [0, 0.1) is 20.2 Å². The molecular weight excluding hydrogens is 603 g/mol. The van der Waals surface area contributed by atoms with Crippen molar-refractivity contribution in [1.82, 2.24) is 10.3 Å². The fraction of sp³-hybridized carbons (Fsp3) is 0.519. The fourth-order valence-electron chi connectivity index (χ4n) is 4.50. The number of hydrogen-bond donors (Lipinski definition) is 0. The molecule has 44 heavy (non-hydrogen) atoms. The van der Waals surface area contributed by atoms with Gasteiger partial charge in [0, 0.05) is 24.6 Å². The molecule has 0 radical (unpaired) electrons. The molecule has 0 aliphatic carbocycles. The van der Waals surface area contributed by atoms with Crippen LogP contribution in [0.4, 0.5) is 11.4 Å². The van der Waals surface area contributed by atoms with E-state index in [4.69, 9.17) is 23.3 Å². The van der Waals surface area contributed by atoms with E-state index in [9.17, 15) is 29.6 Å². The second-order valence-electron chi connectivity index (χ2n) is 10.5. The van der Waals surface area contributed by atoms with Crippen LogP contribution in [0.3, 0.4) is 0 Å². The lowest BCUT2D eigenvalue weighted by Crippen LogP contribution is -2.24. The number of nitro groups is 2. The number of ether oxygens (including phenoxy) is 3. The molecule has 0 spiro atoms. The van der Waals surface area contributed by atoms with Gasteiger partial charge >= 0.3 is 19.3 Å². The van der Waals surface area contributed by atoms with Crippen LogP contribution < -0.4 is 4.52 Å². The van der Waals surface area contributed by atoms with Crippen LogP contribution in [-0.2, 0) is 34.5 Å². The number of esters is 1. The molecule has 17 heteroatoms. The zero-order valence-electron chi connectivity index (χ0n) is 24.2. The molecule has 4 rings (SSSR count). The number of carbonyl (C=O) groups excluding carboxylic acids is 1. The Morgan fingerprint density at radius 1 is 1.02 bits per heavy atom. The van der Waals surface area contributed by atoms with Crippen molar-refractivity contribution in [3.8, 4) is 5.75 Å². The van der Waals surface area contributed by atoms with Crippen molar-refractivity contribution in [3.05, 3.63) is 62.2 Å². The molecule has 3 aromatic rings. The molecule has 2 unspecified atom stereocenters. The number of aryl methyl sites for hydroxylation is 1. The van der Waals surface area contributed by atoms with Crippen LogP contribution >= 0.6 is 7.60 Å². The number of nitro benzene ring substituents is 2. The third-order valence-electron chi connectivity index (χ3n) is 6.66. The first-order chi connectivity index (χ1) is 20.9. The minimum Gasteiger partial charge on any atom is -0.466 e. The highest BCUT2D eigenvalue weighted by atomic mass is 31.2. The van der Waals surface area contributed by atoms with Gasteiger partial charge in [0.15, 0.2) is 5.79 Å². The maximum atomic E-state index is 13.6. The summed E-state index contributed by atoms with van der Waals surface area (Å²) in [4.78, 5) is 33.2. The predicted molar refractivity (Wildman–Crippen MR) is 153 cm³/mol. The van der Waals surface area contributed by atoms with Crippen molar-refractivity contribution >= 4 is 36.0 Å². The Hall–Kier alpha value is -3.98.